The molecule has 128 valence electrons. The second kappa shape index (κ2) is 5.08. The van der Waals surface area contributed by atoms with Crippen LogP contribution in [0.1, 0.15) is 65.2 Å². The molecule has 4 saturated carbocycles. The van der Waals surface area contributed by atoms with E-state index in [4.69, 9.17) is 0 Å². The molecule has 0 bridgehead atoms. The van der Waals surface area contributed by atoms with Crippen LogP contribution in [0.5, 0.6) is 0 Å². The van der Waals surface area contributed by atoms with Crippen LogP contribution in [0.25, 0.3) is 0 Å². The molecule has 0 unspecified atom stereocenters. The van der Waals surface area contributed by atoms with E-state index in [1.165, 1.54) is 19.3 Å². The molecule has 0 aromatic rings. The molecule has 0 saturated heterocycles. The SMILES string of the molecule is C[C@]12CC(=CO)C(=O)C[C@@H]1CC[C@@H]1[C@H]2CC[C@]2(C)[C@H](O)CC[C@H]12. The number of ketones is 1. The van der Waals surface area contributed by atoms with Crippen molar-refractivity contribution in [3.05, 3.63) is 11.8 Å². The van der Waals surface area contributed by atoms with Gasteiger partial charge in [0.25, 0.3) is 0 Å². The molecule has 7 atom stereocenters. The standard InChI is InChI=1S/C20H30O3/c1-19-8-7-16-14(15(19)5-6-18(19)23)4-3-13-9-17(22)12(11-21)10-20(13,16)2/h11,13-16,18,21,23H,3-10H2,1-2H3/t13-,14-,15+,16+,18+,19-,20-/m0/s1. The van der Waals surface area contributed by atoms with Gasteiger partial charge < -0.3 is 10.2 Å². The summed E-state index contributed by atoms with van der Waals surface area (Å²) in [5.74, 6) is 2.63. The number of Topliss-reactive ketones (excluding diaryl/α,β-unsaturated/α-hetero) is 1. The lowest BCUT2D eigenvalue weighted by Gasteiger charge is -2.60. The molecule has 0 aromatic heterocycles. The van der Waals surface area contributed by atoms with Gasteiger partial charge in [-0.3, -0.25) is 4.79 Å². The van der Waals surface area contributed by atoms with Gasteiger partial charge in [-0.1, -0.05) is 13.8 Å². The van der Waals surface area contributed by atoms with Gasteiger partial charge in [0, 0.05) is 12.0 Å². The first-order valence-corrected chi connectivity index (χ1v) is 9.44. The third-order valence-corrected chi connectivity index (χ3v) is 8.53. The zero-order chi connectivity index (χ0) is 16.4. The number of aliphatic hydroxyl groups excluding tert-OH is 2. The van der Waals surface area contributed by atoms with Crippen LogP contribution in [0.15, 0.2) is 11.8 Å². The highest BCUT2D eigenvalue weighted by Crippen LogP contribution is 2.66. The topological polar surface area (TPSA) is 57.5 Å². The molecule has 4 rings (SSSR count). The van der Waals surface area contributed by atoms with Gasteiger partial charge in [-0.15, -0.1) is 0 Å². The quantitative estimate of drug-likeness (QED) is 0.524. The van der Waals surface area contributed by atoms with Crippen LogP contribution in [-0.4, -0.2) is 22.1 Å². The van der Waals surface area contributed by atoms with Crippen LogP contribution < -0.4 is 0 Å². The summed E-state index contributed by atoms with van der Waals surface area (Å²) in [4.78, 5) is 12.2. The summed E-state index contributed by atoms with van der Waals surface area (Å²) in [5.41, 5.74) is 0.911. The van der Waals surface area contributed by atoms with E-state index in [9.17, 15) is 15.0 Å². The molecule has 3 nitrogen and oxygen atoms in total. The number of hydrogen-bond acceptors (Lipinski definition) is 3. The Hall–Kier alpha value is -0.830. The first-order chi connectivity index (χ1) is 10.9. The molecule has 3 heteroatoms. The van der Waals surface area contributed by atoms with Crippen LogP contribution in [0.3, 0.4) is 0 Å². The molecule has 0 radical (unpaired) electrons. The molecule has 4 fully saturated rings. The molecular formula is C20H30O3. The third-order valence-electron chi connectivity index (χ3n) is 8.53. The van der Waals surface area contributed by atoms with Gasteiger partial charge >= 0.3 is 0 Å². The summed E-state index contributed by atoms with van der Waals surface area (Å²) in [6.45, 7) is 4.68. The monoisotopic (exact) mass is 318 g/mol. The highest BCUT2D eigenvalue weighted by molar-refractivity contribution is 5.96. The Kier molecular flexibility index (Phi) is 3.46. The van der Waals surface area contributed by atoms with Crippen molar-refractivity contribution in [1.29, 1.82) is 0 Å². The van der Waals surface area contributed by atoms with Crippen molar-refractivity contribution in [2.45, 2.75) is 71.3 Å². The summed E-state index contributed by atoms with van der Waals surface area (Å²) < 4.78 is 0. The van der Waals surface area contributed by atoms with Crippen molar-refractivity contribution in [2.24, 2.45) is 34.5 Å². The van der Waals surface area contributed by atoms with Crippen LogP contribution in [0.4, 0.5) is 0 Å². The second-order valence-electron chi connectivity index (χ2n) is 9.25. The Bertz CT molecular complexity index is 553. The van der Waals surface area contributed by atoms with Gasteiger partial charge in [0.1, 0.15) is 0 Å². The summed E-state index contributed by atoms with van der Waals surface area (Å²) in [6, 6.07) is 0. The molecule has 2 N–H and O–H groups in total. The van der Waals surface area contributed by atoms with E-state index in [-0.39, 0.29) is 22.7 Å². The van der Waals surface area contributed by atoms with Crippen LogP contribution in [0, 0.1) is 34.5 Å². The Morgan fingerprint density at radius 3 is 2.52 bits per heavy atom. The fourth-order valence-corrected chi connectivity index (χ4v) is 7.10. The third kappa shape index (κ3) is 2.01. The smallest absolute Gasteiger partial charge is 0.162 e. The molecule has 0 aromatic carbocycles. The molecule has 23 heavy (non-hydrogen) atoms. The van der Waals surface area contributed by atoms with Crippen molar-refractivity contribution in [3.63, 3.8) is 0 Å². The van der Waals surface area contributed by atoms with Gasteiger partial charge in [0.2, 0.25) is 0 Å². The zero-order valence-electron chi connectivity index (χ0n) is 14.4. The molecule has 4 aliphatic rings. The highest BCUT2D eigenvalue weighted by atomic mass is 16.3. The predicted molar refractivity (Wildman–Crippen MR) is 88.8 cm³/mol. The minimum absolute atomic E-state index is 0.116. The molecule has 0 aliphatic heterocycles. The number of rotatable bonds is 0. The van der Waals surface area contributed by atoms with E-state index in [0.717, 1.165) is 31.9 Å². The van der Waals surface area contributed by atoms with Gasteiger partial charge in [-0.05, 0) is 79.4 Å². The molecule has 0 spiro atoms. The Morgan fingerprint density at radius 2 is 1.78 bits per heavy atom. The molecular weight excluding hydrogens is 288 g/mol. The van der Waals surface area contributed by atoms with Crippen molar-refractivity contribution < 1.29 is 15.0 Å². The second-order valence-corrected chi connectivity index (χ2v) is 9.25. The minimum atomic E-state index is -0.125. The van der Waals surface area contributed by atoms with E-state index in [1.54, 1.807) is 0 Å². The maximum Gasteiger partial charge on any atom is 0.162 e. The van der Waals surface area contributed by atoms with Crippen molar-refractivity contribution in [2.75, 3.05) is 0 Å². The number of aliphatic hydroxyl groups is 2. The average molecular weight is 318 g/mol. The lowest BCUT2D eigenvalue weighted by molar-refractivity contribution is -0.135. The molecule has 0 amide bonds. The van der Waals surface area contributed by atoms with E-state index < -0.39 is 0 Å². The molecule has 0 heterocycles. The van der Waals surface area contributed by atoms with E-state index in [0.29, 0.717) is 35.7 Å². The summed E-state index contributed by atoms with van der Waals surface area (Å²) in [6.07, 6.45) is 9.11. The summed E-state index contributed by atoms with van der Waals surface area (Å²) in [7, 11) is 0. The van der Waals surface area contributed by atoms with Crippen LogP contribution in [-0.2, 0) is 4.79 Å². The van der Waals surface area contributed by atoms with Gasteiger partial charge in [0.05, 0.1) is 12.4 Å². The van der Waals surface area contributed by atoms with E-state index >= 15 is 0 Å². The van der Waals surface area contributed by atoms with Gasteiger partial charge in [0.15, 0.2) is 5.78 Å². The molecule has 4 aliphatic carbocycles. The van der Waals surface area contributed by atoms with E-state index in [2.05, 4.69) is 13.8 Å². The summed E-state index contributed by atoms with van der Waals surface area (Å²) in [5, 5.41) is 20.0. The first-order valence-electron chi connectivity index (χ1n) is 9.44. The van der Waals surface area contributed by atoms with Crippen molar-refractivity contribution in [3.8, 4) is 0 Å². The Morgan fingerprint density at radius 1 is 1.04 bits per heavy atom. The lowest BCUT2D eigenvalue weighted by Crippen LogP contribution is -2.54. The maximum atomic E-state index is 12.2. The Balaban J connectivity index is 1.66. The average Bonchev–Trinajstić information content (AvgIpc) is 2.83. The largest absolute Gasteiger partial charge is 0.515 e. The van der Waals surface area contributed by atoms with E-state index in [1.807, 2.05) is 0 Å². The van der Waals surface area contributed by atoms with Crippen LogP contribution in [0.2, 0.25) is 0 Å². The first kappa shape index (κ1) is 15.7. The van der Waals surface area contributed by atoms with Gasteiger partial charge in [-0.25, -0.2) is 0 Å². The van der Waals surface area contributed by atoms with Crippen molar-refractivity contribution >= 4 is 5.78 Å². The normalized spacial score (nSPS) is 54.5. The predicted octanol–water partition coefficient (Wildman–Crippen LogP) is 4.01. The number of fused-ring (bicyclic) bond motifs is 5. The number of allylic oxidation sites excluding steroid dienone is 1. The fraction of sp³-hybridized carbons (Fsp3) is 0.850. The van der Waals surface area contributed by atoms with Gasteiger partial charge in [-0.2, -0.15) is 0 Å². The van der Waals surface area contributed by atoms with Crippen molar-refractivity contribution in [1.82, 2.24) is 0 Å². The Labute approximate surface area is 139 Å². The highest BCUT2D eigenvalue weighted by Gasteiger charge is 2.60. The fourth-order valence-electron chi connectivity index (χ4n) is 7.10. The number of hydrogen-bond donors (Lipinski definition) is 2. The minimum Gasteiger partial charge on any atom is -0.515 e. The zero-order valence-corrected chi connectivity index (χ0v) is 14.4. The lowest BCUT2D eigenvalue weighted by atomic mass is 9.45. The summed E-state index contributed by atoms with van der Waals surface area (Å²) >= 11 is 0. The number of carbonyl (C=O) groups is 1. The van der Waals surface area contributed by atoms with Crippen LogP contribution >= 0.6 is 0 Å². The maximum absolute atomic E-state index is 12.2. The number of carbonyl (C=O) groups excluding carboxylic acids is 1.